The second-order valence-corrected chi connectivity index (χ2v) is 9.39. The number of nitriles is 1. The second-order valence-electron chi connectivity index (χ2n) is 7.97. The number of benzene rings is 4. The second kappa shape index (κ2) is 12.4. The number of rotatable bonds is 8. The molecule has 0 radical (unpaired) electrons. The molecule has 4 aromatic rings. The van der Waals surface area contributed by atoms with Crippen LogP contribution in [0.4, 0.5) is 5.69 Å². The number of esters is 2. The van der Waals surface area contributed by atoms with Gasteiger partial charge in [0, 0.05) is 5.56 Å². The minimum atomic E-state index is -4.66. The van der Waals surface area contributed by atoms with Gasteiger partial charge in [-0.2, -0.15) is 13.7 Å². The lowest BCUT2D eigenvalue weighted by Crippen LogP contribution is -2.08. The summed E-state index contributed by atoms with van der Waals surface area (Å²) >= 11 is 0. The lowest BCUT2D eigenvalue weighted by molar-refractivity contribution is 0.0688. The quantitative estimate of drug-likeness (QED) is 0.0697. The monoisotopic (exact) mass is 553 g/mol. The predicted octanol–water partition coefficient (Wildman–Crippen LogP) is 5.99. The fourth-order valence-electron chi connectivity index (χ4n) is 3.34. The van der Waals surface area contributed by atoms with Gasteiger partial charge in [-0.25, -0.2) is 9.59 Å². The van der Waals surface area contributed by atoms with E-state index in [0.29, 0.717) is 5.56 Å². The van der Waals surface area contributed by atoms with Crippen LogP contribution in [0.5, 0.6) is 5.75 Å². The number of azo groups is 1. The van der Waals surface area contributed by atoms with Gasteiger partial charge < -0.3 is 9.47 Å². The number of hydrogen-bond donors (Lipinski definition) is 1. The van der Waals surface area contributed by atoms with E-state index < -0.39 is 32.6 Å². The molecule has 0 aliphatic carbocycles. The molecule has 0 aliphatic heterocycles. The van der Waals surface area contributed by atoms with E-state index in [9.17, 15) is 27.8 Å². The van der Waals surface area contributed by atoms with Crippen molar-refractivity contribution in [1.29, 1.82) is 5.26 Å². The van der Waals surface area contributed by atoms with E-state index in [0.717, 1.165) is 18.2 Å². The molecule has 40 heavy (non-hydrogen) atoms. The minimum absolute atomic E-state index is 0.204. The highest BCUT2D eigenvalue weighted by atomic mass is 32.2. The predicted molar refractivity (Wildman–Crippen MR) is 143 cm³/mol. The molecular weight excluding hydrogens is 534 g/mol. The molecule has 1 N–H and O–H groups in total. The first kappa shape index (κ1) is 27.6. The van der Waals surface area contributed by atoms with E-state index >= 15 is 0 Å². The molecule has 10 nitrogen and oxygen atoms in total. The average molecular weight is 554 g/mol. The van der Waals surface area contributed by atoms with E-state index in [-0.39, 0.29) is 28.3 Å². The molecule has 11 heteroatoms. The maximum absolute atomic E-state index is 12.8. The summed E-state index contributed by atoms with van der Waals surface area (Å²) in [5.74, 6) is -1.94. The molecule has 0 aromatic heterocycles. The number of nitrogens with zero attached hydrogens (tertiary/aromatic N) is 3. The Labute approximate surface area is 229 Å². The van der Waals surface area contributed by atoms with Gasteiger partial charge in [0.1, 0.15) is 11.8 Å². The van der Waals surface area contributed by atoms with Crippen molar-refractivity contribution in [2.24, 2.45) is 10.2 Å². The van der Waals surface area contributed by atoms with Crippen LogP contribution in [0.2, 0.25) is 0 Å². The van der Waals surface area contributed by atoms with Crippen LogP contribution in [-0.4, -0.2) is 24.9 Å². The largest absolute Gasteiger partial charge is 0.421 e. The van der Waals surface area contributed by atoms with Crippen molar-refractivity contribution in [3.8, 4) is 11.8 Å². The summed E-state index contributed by atoms with van der Waals surface area (Å²) in [6.07, 6.45) is 0. The summed E-state index contributed by atoms with van der Waals surface area (Å²) in [7, 11) is -4.66. The molecular formula is C29H19N3O7S. The highest BCUT2D eigenvalue weighted by Gasteiger charge is 2.19. The summed E-state index contributed by atoms with van der Waals surface area (Å²) in [5.41, 5.74) is 0.0360. The zero-order chi connectivity index (χ0) is 28.5. The molecule has 4 aromatic carbocycles. The Morgan fingerprint density at radius 3 is 1.80 bits per heavy atom. The fourth-order valence-corrected chi connectivity index (χ4v) is 3.84. The third-order valence-electron chi connectivity index (χ3n) is 5.26. The summed E-state index contributed by atoms with van der Waals surface area (Å²) in [6, 6.07) is 29.2. The lowest BCUT2D eigenvalue weighted by Gasteiger charge is -2.10. The van der Waals surface area contributed by atoms with Gasteiger partial charge in [0.2, 0.25) is 5.70 Å². The van der Waals surface area contributed by atoms with Crippen molar-refractivity contribution in [3.05, 3.63) is 132 Å². The SMILES string of the molecule is N#CC(N=Nc1cc(S(=O)(=O)O)ccc1OC(=O)c1ccccc1)=C(OC(=O)c1ccccc1)c1ccccc1. The Bertz CT molecular complexity index is 1750. The number of carbonyl (C=O) groups is 2. The Morgan fingerprint density at radius 1 is 0.750 bits per heavy atom. The van der Waals surface area contributed by atoms with Gasteiger partial charge in [-0.1, -0.05) is 66.7 Å². The first-order valence-electron chi connectivity index (χ1n) is 11.5. The Hall–Kier alpha value is -5.44. The number of ether oxygens (including phenoxy) is 2. The van der Waals surface area contributed by atoms with Crippen molar-refractivity contribution >= 4 is 33.5 Å². The maximum Gasteiger partial charge on any atom is 0.343 e. The van der Waals surface area contributed by atoms with Crippen molar-refractivity contribution in [1.82, 2.24) is 0 Å². The molecule has 4 rings (SSSR count). The van der Waals surface area contributed by atoms with Gasteiger partial charge in [-0.15, -0.1) is 10.2 Å². The zero-order valence-electron chi connectivity index (χ0n) is 20.5. The van der Waals surface area contributed by atoms with Gasteiger partial charge >= 0.3 is 11.9 Å². The molecule has 0 heterocycles. The van der Waals surface area contributed by atoms with E-state index in [2.05, 4.69) is 10.2 Å². The Balaban J connectivity index is 1.78. The van der Waals surface area contributed by atoms with Crippen LogP contribution in [-0.2, 0) is 14.9 Å². The minimum Gasteiger partial charge on any atom is -0.421 e. The number of carbonyl (C=O) groups excluding carboxylic acids is 2. The number of hydrogen-bond acceptors (Lipinski definition) is 9. The van der Waals surface area contributed by atoms with Crippen LogP contribution in [0.25, 0.3) is 5.76 Å². The van der Waals surface area contributed by atoms with Crippen molar-refractivity contribution in [3.63, 3.8) is 0 Å². The maximum atomic E-state index is 12.8. The van der Waals surface area contributed by atoms with Gasteiger partial charge in [0.05, 0.1) is 16.0 Å². The van der Waals surface area contributed by atoms with Gasteiger partial charge in [0.15, 0.2) is 11.5 Å². The van der Waals surface area contributed by atoms with Crippen molar-refractivity contribution < 1.29 is 32.0 Å². The zero-order valence-corrected chi connectivity index (χ0v) is 21.4. The van der Waals surface area contributed by atoms with Crippen LogP contribution < -0.4 is 4.74 Å². The molecule has 198 valence electrons. The Morgan fingerprint density at radius 2 is 1.27 bits per heavy atom. The van der Waals surface area contributed by atoms with Gasteiger partial charge in [-0.3, -0.25) is 4.55 Å². The van der Waals surface area contributed by atoms with Crippen molar-refractivity contribution in [2.75, 3.05) is 0 Å². The van der Waals surface area contributed by atoms with Crippen LogP contribution in [0.1, 0.15) is 26.3 Å². The van der Waals surface area contributed by atoms with Crippen LogP contribution in [0.15, 0.2) is 130 Å². The molecule has 0 bridgehead atoms. The van der Waals surface area contributed by atoms with Gasteiger partial charge in [0.25, 0.3) is 10.1 Å². The van der Waals surface area contributed by atoms with Gasteiger partial charge in [-0.05, 0) is 42.5 Å². The number of allylic oxidation sites excluding steroid dienone is 1. The molecule has 0 spiro atoms. The molecule has 0 saturated carbocycles. The standard InChI is InChI=1S/C29H19N3O7S/c30-19-25(27(20-10-4-1-5-11-20)39-29(34)22-14-8-3-9-15-22)32-31-24-18-23(40(35,36)37)16-17-26(24)38-28(33)21-12-6-2-7-13-21/h1-18H,(H,35,36,37). The first-order valence-corrected chi connectivity index (χ1v) is 13.0. The fraction of sp³-hybridized carbons (Fsp3) is 0. The van der Waals surface area contributed by atoms with E-state index in [1.54, 1.807) is 66.7 Å². The molecule has 0 unspecified atom stereocenters. The summed E-state index contributed by atoms with van der Waals surface area (Å²) < 4.78 is 43.9. The molecule has 0 atom stereocenters. The average Bonchev–Trinajstić information content (AvgIpc) is 2.98. The Kier molecular flexibility index (Phi) is 8.55. The van der Waals surface area contributed by atoms with Crippen LogP contribution in [0.3, 0.4) is 0 Å². The van der Waals surface area contributed by atoms with E-state index in [4.69, 9.17) is 9.47 Å². The van der Waals surface area contributed by atoms with E-state index in [1.165, 1.54) is 24.3 Å². The lowest BCUT2D eigenvalue weighted by atomic mass is 10.1. The van der Waals surface area contributed by atoms with Crippen molar-refractivity contribution in [2.45, 2.75) is 4.90 Å². The first-order chi connectivity index (χ1) is 19.3. The summed E-state index contributed by atoms with van der Waals surface area (Å²) in [6.45, 7) is 0. The smallest absolute Gasteiger partial charge is 0.343 e. The molecule has 0 saturated heterocycles. The molecule has 0 fully saturated rings. The molecule has 0 amide bonds. The third-order valence-corrected chi connectivity index (χ3v) is 6.11. The van der Waals surface area contributed by atoms with Crippen LogP contribution >= 0.6 is 0 Å². The van der Waals surface area contributed by atoms with E-state index in [1.807, 2.05) is 6.07 Å². The summed E-state index contributed by atoms with van der Waals surface area (Å²) in [5, 5.41) is 17.7. The highest BCUT2D eigenvalue weighted by Crippen LogP contribution is 2.33. The molecule has 0 aliphatic rings. The highest BCUT2D eigenvalue weighted by molar-refractivity contribution is 7.85. The third kappa shape index (κ3) is 6.90. The van der Waals surface area contributed by atoms with Crippen LogP contribution in [0, 0.1) is 11.3 Å². The normalized spacial score (nSPS) is 11.8. The summed E-state index contributed by atoms with van der Waals surface area (Å²) in [4.78, 5) is 24.9. The topological polar surface area (TPSA) is 155 Å².